The van der Waals surface area contributed by atoms with Gasteiger partial charge in [-0.1, -0.05) is 43.7 Å². The second-order valence-electron chi connectivity index (χ2n) is 6.81. The maximum Gasteiger partial charge on any atom is 0.308 e. The number of hydrogen-bond donors (Lipinski definition) is 2. The van der Waals surface area contributed by atoms with Gasteiger partial charge in [-0.15, -0.1) is 0 Å². The second kappa shape index (κ2) is 8.56. The van der Waals surface area contributed by atoms with Gasteiger partial charge in [0.25, 0.3) is 5.91 Å². The van der Waals surface area contributed by atoms with Crippen molar-refractivity contribution in [1.29, 1.82) is 0 Å². The SMILES string of the molecule is Cc1cccc(CC(CNC(=O)c2cnc(C)nc2C(C)C)C(=O)O)c1. The number of rotatable bonds is 7. The molecule has 1 amide bonds. The molecule has 1 aromatic carbocycles. The molecule has 2 N–H and O–H groups in total. The summed E-state index contributed by atoms with van der Waals surface area (Å²) in [5.74, 6) is -1.30. The molecule has 6 heteroatoms. The summed E-state index contributed by atoms with van der Waals surface area (Å²) < 4.78 is 0. The zero-order chi connectivity index (χ0) is 19.3. The maximum atomic E-state index is 12.5. The predicted octanol–water partition coefficient (Wildman–Crippen LogP) is 2.89. The first-order valence-electron chi connectivity index (χ1n) is 8.68. The Bertz CT molecular complexity index is 803. The van der Waals surface area contributed by atoms with Gasteiger partial charge in [0.2, 0.25) is 0 Å². The highest BCUT2D eigenvalue weighted by atomic mass is 16.4. The van der Waals surface area contributed by atoms with Gasteiger partial charge >= 0.3 is 5.97 Å². The largest absolute Gasteiger partial charge is 0.481 e. The van der Waals surface area contributed by atoms with Crippen molar-refractivity contribution in [2.45, 2.75) is 40.0 Å². The quantitative estimate of drug-likeness (QED) is 0.797. The Labute approximate surface area is 153 Å². The molecule has 0 fully saturated rings. The first-order chi connectivity index (χ1) is 12.3. The lowest BCUT2D eigenvalue weighted by molar-refractivity contribution is -0.141. The van der Waals surface area contributed by atoms with E-state index in [1.54, 1.807) is 6.92 Å². The van der Waals surface area contributed by atoms with E-state index in [9.17, 15) is 14.7 Å². The van der Waals surface area contributed by atoms with E-state index >= 15 is 0 Å². The zero-order valence-electron chi connectivity index (χ0n) is 15.6. The average Bonchev–Trinajstić information content (AvgIpc) is 2.58. The number of benzene rings is 1. The number of aliphatic carboxylic acids is 1. The molecule has 0 aliphatic carbocycles. The molecule has 0 radical (unpaired) electrons. The molecule has 1 unspecified atom stereocenters. The molecule has 0 saturated carbocycles. The van der Waals surface area contributed by atoms with Crippen LogP contribution in [-0.4, -0.2) is 33.5 Å². The maximum absolute atomic E-state index is 12.5. The number of aromatic nitrogens is 2. The van der Waals surface area contributed by atoms with Gasteiger partial charge in [0.1, 0.15) is 5.82 Å². The second-order valence-corrected chi connectivity index (χ2v) is 6.81. The minimum atomic E-state index is -0.934. The van der Waals surface area contributed by atoms with Crippen LogP contribution in [0, 0.1) is 19.8 Å². The molecular weight excluding hydrogens is 330 g/mol. The van der Waals surface area contributed by atoms with Crippen LogP contribution in [0.1, 0.15) is 52.8 Å². The van der Waals surface area contributed by atoms with Crippen LogP contribution in [0.5, 0.6) is 0 Å². The summed E-state index contributed by atoms with van der Waals surface area (Å²) in [4.78, 5) is 32.6. The number of nitrogens with one attached hydrogen (secondary N) is 1. The summed E-state index contributed by atoms with van der Waals surface area (Å²) in [6.45, 7) is 7.70. The van der Waals surface area contributed by atoms with Gasteiger partial charge in [-0.3, -0.25) is 9.59 Å². The van der Waals surface area contributed by atoms with Crippen molar-refractivity contribution in [1.82, 2.24) is 15.3 Å². The van der Waals surface area contributed by atoms with Gasteiger partial charge in [0.05, 0.1) is 17.2 Å². The van der Waals surface area contributed by atoms with Gasteiger partial charge < -0.3 is 10.4 Å². The minimum Gasteiger partial charge on any atom is -0.481 e. The Morgan fingerprint density at radius 3 is 2.58 bits per heavy atom. The third kappa shape index (κ3) is 5.12. The predicted molar refractivity (Wildman–Crippen MR) is 99.2 cm³/mol. The van der Waals surface area contributed by atoms with E-state index in [0.717, 1.165) is 11.1 Å². The van der Waals surface area contributed by atoms with E-state index in [1.165, 1.54) is 6.20 Å². The Morgan fingerprint density at radius 1 is 1.23 bits per heavy atom. The first-order valence-corrected chi connectivity index (χ1v) is 8.68. The Morgan fingerprint density at radius 2 is 1.96 bits per heavy atom. The zero-order valence-corrected chi connectivity index (χ0v) is 15.6. The van der Waals surface area contributed by atoms with E-state index in [0.29, 0.717) is 23.5 Å². The number of carbonyl (C=O) groups is 2. The number of aryl methyl sites for hydroxylation is 2. The summed E-state index contributed by atoms with van der Waals surface area (Å²) >= 11 is 0. The van der Waals surface area contributed by atoms with E-state index in [2.05, 4.69) is 15.3 Å². The van der Waals surface area contributed by atoms with Gasteiger partial charge in [-0.2, -0.15) is 0 Å². The molecule has 1 heterocycles. The molecule has 2 aromatic rings. The molecule has 6 nitrogen and oxygen atoms in total. The van der Waals surface area contributed by atoms with Gasteiger partial charge in [0.15, 0.2) is 0 Å². The van der Waals surface area contributed by atoms with Crippen LogP contribution in [0.25, 0.3) is 0 Å². The number of hydrogen-bond acceptors (Lipinski definition) is 4. The average molecular weight is 355 g/mol. The van der Waals surface area contributed by atoms with Crippen LogP contribution in [0.3, 0.4) is 0 Å². The molecule has 0 bridgehead atoms. The van der Waals surface area contributed by atoms with Crippen molar-refractivity contribution in [3.05, 3.63) is 58.7 Å². The Balaban J connectivity index is 2.09. The highest BCUT2D eigenvalue weighted by Crippen LogP contribution is 2.17. The van der Waals surface area contributed by atoms with Gasteiger partial charge in [-0.05, 0) is 31.7 Å². The topological polar surface area (TPSA) is 92.2 Å². The number of amides is 1. The van der Waals surface area contributed by atoms with Crippen molar-refractivity contribution in [2.24, 2.45) is 5.92 Å². The standard InChI is InChI=1S/C20H25N3O3/c1-12(2)18-17(11-21-14(4)23-18)19(24)22-10-16(20(25)26)9-15-7-5-6-13(3)8-15/h5-8,11-12,16H,9-10H2,1-4H3,(H,22,24)(H,25,26). The summed E-state index contributed by atoms with van der Waals surface area (Å²) in [6, 6.07) is 7.73. The van der Waals surface area contributed by atoms with Crippen molar-refractivity contribution in [3.63, 3.8) is 0 Å². The summed E-state index contributed by atoms with van der Waals surface area (Å²) in [5, 5.41) is 12.2. The molecular formula is C20H25N3O3. The molecule has 1 atom stereocenters. The smallest absolute Gasteiger partial charge is 0.308 e. The number of nitrogens with zero attached hydrogens (tertiary/aromatic N) is 2. The van der Waals surface area contributed by atoms with E-state index < -0.39 is 11.9 Å². The van der Waals surface area contributed by atoms with E-state index in [-0.39, 0.29) is 18.4 Å². The third-order valence-corrected chi connectivity index (χ3v) is 4.15. The van der Waals surface area contributed by atoms with Crippen molar-refractivity contribution < 1.29 is 14.7 Å². The van der Waals surface area contributed by atoms with Crippen LogP contribution in [-0.2, 0) is 11.2 Å². The highest BCUT2D eigenvalue weighted by molar-refractivity contribution is 5.95. The van der Waals surface area contributed by atoms with Gasteiger partial charge in [-0.25, -0.2) is 9.97 Å². The monoisotopic (exact) mass is 355 g/mol. The minimum absolute atomic E-state index is 0.0491. The van der Waals surface area contributed by atoms with Crippen molar-refractivity contribution >= 4 is 11.9 Å². The normalized spacial score (nSPS) is 12.0. The third-order valence-electron chi connectivity index (χ3n) is 4.15. The van der Waals surface area contributed by atoms with E-state index in [1.807, 2.05) is 45.0 Å². The Kier molecular flexibility index (Phi) is 6.44. The van der Waals surface area contributed by atoms with Crippen LogP contribution < -0.4 is 5.32 Å². The van der Waals surface area contributed by atoms with E-state index in [4.69, 9.17) is 0 Å². The first kappa shape index (κ1) is 19.6. The number of carboxylic acids is 1. The fraction of sp³-hybridized carbons (Fsp3) is 0.400. The van der Waals surface area contributed by atoms with Crippen molar-refractivity contribution in [2.75, 3.05) is 6.54 Å². The number of carbonyl (C=O) groups excluding carboxylic acids is 1. The molecule has 26 heavy (non-hydrogen) atoms. The summed E-state index contributed by atoms with van der Waals surface area (Å²) in [5.41, 5.74) is 3.08. The fourth-order valence-corrected chi connectivity index (χ4v) is 2.78. The molecule has 2 rings (SSSR count). The lowest BCUT2D eigenvalue weighted by Crippen LogP contribution is -2.35. The molecule has 0 aliphatic heterocycles. The molecule has 1 aromatic heterocycles. The van der Waals surface area contributed by atoms with Gasteiger partial charge in [0, 0.05) is 12.7 Å². The summed E-state index contributed by atoms with van der Waals surface area (Å²) in [7, 11) is 0. The molecule has 0 saturated heterocycles. The van der Waals surface area contributed by atoms with Crippen LogP contribution >= 0.6 is 0 Å². The number of carboxylic acid groups (broad SMARTS) is 1. The van der Waals surface area contributed by atoms with Crippen LogP contribution in [0.4, 0.5) is 0 Å². The lowest BCUT2D eigenvalue weighted by atomic mass is 9.98. The van der Waals surface area contributed by atoms with Crippen LogP contribution in [0.2, 0.25) is 0 Å². The van der Waals surface area contributed by atoms with Crippen LogP contribution in [0.15, 0.2) is 30.5 Å². The fourth-order valence-electron chi connectivity index (χ4n) is 2.78. The Hall–Kier alpha value is -2.76. The highest BCUT2D eigenvalue weighted by Gasteiger charge is 2.21. The molecule has 138 valence electrons. The molecule has 0 spiro atoms. The summed E-state index contributed by atoms with van der Waals surface area (Å²) in [6.07, 6.45) is 1.86. The van der Waals surface area contributed by atoms with Crippen molar-refractivity contribution in [3.8, 4) is 0 Å². The molecule has 0 aliphatic rings. The lowest BCUT2D eigenvalue weighted by Gasteiger charge is -2.16.